The first-order chi connectivity index (χ1) is 17.9. The van der Waals surface area contributed by atoms with Crippen molar-refractivity contribution in [2.45, 2.75) is 25.7 Å². The number of hydrogen-bond donors (Lipinski definition) is 4. The lowest BCUT2D eigenvalue weighted by molar-refractivity contribution is -0.274. The van der Waals surface area contributed by atoms with Crippen LogP contribution in [0.4, 0.5) is 18.0 Å². The number of halogens is 4. The highest BCUT2D eigenvalue weighted by Crippen LogP contribution is 2.28. The molecule has 13 heteroatoms. The number of nitrogens with zero attached hydrogens (tertiary/aromatic N) is 2. The Kier molecular flexibility index (Phi) is 11.3. The van der Waals surface area contributed by atoms with Crippen LogP contribution in [0.2, 0.25) is 5.02 Å². The lowest BCUT2D eigenvalue weighted by Crippen LogP contribution is -2.44. The first kappa shape index (κ1) is 30.3. The summed E-state index contributed by atoms with van der Waals surface area (Å²) in [5.41, 5.74) is 0.456. The van der Waals surface area contributed by atoms with Crippen LogP contribution in [0.1, 0.15) is 18.4 Å². The third kappa shape index (κ3) is 9.52. The van der Waals surface area contributed by atoms with Crippen LogP contribution in [0.3, 0.4) is 0 Å². The first-order valence-corrected chi connectivity index (χ1v) is 11.6. The van der Waals surface area contributed by atoms with Gasteiger partial charge in [0.05, 0.1) is 6.54 Å². The van der Waals surface area contributed by atoms with Gasteiger partial charge in [0.2, 0.25) is 0 Å². The van der Waals surface area contributed by atoms with Crippen LogP contribution >= 0.6 is 11.6 Å². The van der Waals surface area contributed by atoms with Crippen LogP contribution in [0, 0.1) is 5.41 Å². The number of amidine groups is 1. The van der Waals surface area contributed by atoms with Gasteiger partial charge in [0.25, 0.3) is 0 Å². The number of benzene rings is 2. The maximum absolute atomic E-state index is 12.6. The zero-order valence-electron chi connectivity index (χ0n) is 20.5. The number of unbranched alkanes of at least 4 members (excludes halogenated alkanes) is 1. The number of carbonyl (C=O) groups excluding carboxylic acids is 1. The van der Waals surface area contributed by atoms with E-state index in [2.05, 4.69) is 16.6 Å². The van der Waals surface area contributed by atoms with Crippen molar-refractivity contribution in [3.05, 3.63) is 83.5 Å². The molecule has 2 rings (SSSR count). The van der Waals surface area contributed by atoms with E-state index in [1.54, 1.807) is 24.3 Å². The second-order valence-electron chi connectivity index (χ2n) is 7.82. The number of carbonyl (C=O) groups is 1. The minimum Gasteiger partial charge on any atom is -0.513 e. The fourth-order valence-corrected chi connectivity index (χ4v) is 3.21. The standard InChI is InChI=1S/C25H28ClF3N4O5/c1-17(37-20-6-5-7-21(14-20)38-25(27,28)29)33(15-18-8-10-19(26)11-9-18)22(16-35)23(30)32(2)24(36)31-12-3-4-13-34/h5-11,14,16,30,34-35H,1,3-4,12-13,15H2,2H3,(H,31,36). The summed E-state index contributed by atoms with van der Waals surface area (Å²) >= 11 is 5.96. The topological polar surface area (TPSA) is 118 Å². The number of aliphatic hydroxyl groups excluding tert-OH is 2. The lowest BCUT2D eigenvalue weighted by atomic mass is 10.2. The summed E-state index contributed by atoms with van der Waals surface area (Å²) in [4.78, 5) is 14.7. The number of ether oxygens (including phenoxy) is 2. The Morgan fingerprint density at radius 3 is 2.45 bits per heavy atom. The molecule has 4 N–H and O–H groups in total. The van der Waals surface area contributed by atoms with Crippen molar-refractivity contribution in [1.82, 2.24) is 15.1 Å². The molecular weight excluding hydrogens is 529 g/mol. The van der Waals surface area contributed by atoms with Crippen molar-refractivity contribution in [2.24, 2.45) is 0 Å². The Morgan fingerprint density at radius 2 is 1.84 bits per heavy atom. The maximum atomic E-state index is 12.6. The van der Waals surface area contributed by atoms with E-state index < -0.39 is 24.0 Å². The lowest BCUT2D eigenvalue weighted by Gasteiger charge is -2.30. The Hall–Kier alpha value is -3.90. The molecule has 0 fully saturated rings. The highest BCUT2D eigenvalue weighted by atomic mass is 35.5. The predicted molar refractivity (Wildman–Crippen MR) is 136 cm³/mol. The summed E-state index contributed by atoms with van der Waals surface area (Å²) in [6.45, 7) is 4.04. The Bertz CT molecular complexity index is 1140. The molecule has 0 unspecified atom stereocenters. The largest absolute Gasteiger partial charge is 0.573 e. The number of hydrogen-bond acceptors (Lipinski definition) is 7. The van der Waals surface area contributed by atoms with Crippen molar-refractivity contribution < 1.29 is 37.7 Å². The van der Waals surface area contributed by atoms with Gasteiger partial charge in [-0.3, -0.25) is 10.3 Å². The summed E-state index contributed by atoms with van der Waals surface area (Å²) in [5, 5.41) is 30.5. The second-order valence-corrected chi connectivity index (χ2v) is 8.25. The van der Waals surface area contributed by atoms with Crippen molar-refractivity contribution >= 4 is 23.5 Å². The molecule has 0 aliphatic carbocycles. The van der Waals surface area contributed by atoms with Gasteiger partial charge >= 0.3 is 12.4 Å². The van der Waals surface area contributed by atoms with Crippen LogP contribution in [0.5, 0.6) is 11.5 Å². The van der Waals surface area contributed by atoms with E-state index in [-0.39, 0.29) is 37.0 Å². The summed E-state index contributed by atoms with van der Waals surface area (Å²) in [6.07, 6.45) is -3.30. The monoisotopic (exact) mass is 556 g/mol. The number of likely N-dealkylation sites (N-methyl/N-ethyl adjacent to an activating group) is 1. The number of rotatable bonds is 12. The van der Waals surface area contributed by atoms with Gasteiger partial charge in [0.15, 0.2) is 11.7 Å². The maximum Gasteiger partial charge on any atom is 0.573 e. The van der Waals surface area contributed by atoms with Crippen LogP contribution in [-0.2, 0) is 6.54 Å². The fraction of sp³-hybridized carbons (Fsp3) is 0.280. The molecule has 0 saturated carbocycles. The number of urea groups is 1. The quantitative estimate of drug-likeness (QED) is 0.121. The van der Waals surface area contributed by atoms with E-state index in [1.165, 1.54) is 24.1 Å². The molecule has 206 valence electrons. The van der Waals surface area contributed by atoms with E-state index >= 15 is 0 Å². The van der Waals surface area contributed by atoms with Gasteiger partial charge in [-0.2, -0.15) is 0 Å². The van der Waals surface area contributed by atoms with Gasteiger partial charge < -0.3 is 29.9 Å². The first-order valence-electron chi connectivity index (χ1n) is 11.3. The normalized spacial score (nSPS) is 11.5. The highest BCUT2D eigenvalue weighted by molar-refractivity contribution is 6.30. The molecule has 0 radical (unpaired) electrons. The molecule has 0 bridgehead atoms. The predicted octanol–water partition coefficient (Wildman–Crippen LogP) is 5.38. The zero-order chi connectivity index (χ0) is 28.3. The van der Waals surface area contributed by atoms with Gasteiger partial charge in [0, 0.05) is 31.3 Å². The molecular formula is C25H28ClF3N4O5. The zero-order valence-corrected chi connectivity index (χ0v) is 21.2. The van der Waals surface area contributed by atoms with Crippen molar-refractivity contribution in [2.75, 3.05) is 20.2 Å². The molecule has 0 aliphatic heterocycles. The van der Waals surface area contributed by atoms with Gasteiger partial charge in [0.1, 0.15) is 23.5 Å². The van der Waals surface area contributed by atoms with Crippen LogP contribution in [0.25, 0.3) is 0 Å². The molecule has 0 spiro atoms. The van der Waals surface area contributed by atoms with E-state index in [0.717, 1.165) is 17.0 Å². The molecule has 0 atom stereocenters. The third-order valence-electron chi connectivity index (χ3n) is 4.99. The van der Waals surface area contributed by atoms with Crippen molar-refractivity contribution in [1.29, 1.82) is 5.41 Å². The smallest absolute Gasteiger partial charge is 0.513 e. The molecule has 2 aromatic carbocycles. The van der Waals surface area contributed by atoms with Crippen molar-refractivity contribution in [3.63, 3.8) is 0 Å². The number of alkyl halides is 3. The van der Waals surface area contributed by atoms with Crippen LogP contribution in [0.15, 0.2) is 73.0 Å². The average Bonchev–Trinajstić information content (AvgIpc) is 2.86. The molecule has 2 aromatic rings. The Balaban J connectivity index is 2.30. The van der Waals surface area contributed by atoms with Gasteiger partial charge in [-0.05, 0) is 49.2 Å². The minimum atomic E-state index is -4.90. The number of nitrogens with one attached hydrogen (secondary N) is 2. The summed E-state index contributed by atoms with van der Waals surface area (Å²) < 4.78 is 47.5. The van der Waals surface area contributed by atoms with E-state index in [4.69, 9.17) is 26.9 Å². The van der Waals surface area contributed by atoms with E-state index in [9.17, 15) is 23.1 Å². The molecule has 38 heavy (non-hydrogen) atoms. The summed E-state index contributed by atoms with van der Waals surface area (Å²) in [5.74, 6) is -1.18. The summed E-state index contributed by atoms with van der Waals surface area (Å²) in [6, 6.07) is 10.7. The van der Waals surface area contributed by atoms with E-state index in [0.29, 0.717) is 29.7 Å². The van der Waals surface area contributed by atoms with Gasteiger partial charge in [-0.15, -0.1) is 13.2 Å². The van der Waals surface area contributed by atoms with Gasteiger partial charge in [-0.1, -0.05) is 29.8 Å². The van der Waals surface area contributed by atoms with Crippen molar-refractivity contribution in [3.8, 4) is 11.5 Å². The molecule has 9 nitrogen and oxygen atoms in total. The molecule has 0 aliphatic rings. The van der Waals surface area contributed by atoms with Crippen LogP contribution in [-0.4, -0.2) is 58.4 Å². The minimum absolute atomic E-state index is 0.0184. The Labute approximate surface area is 222 Å². The fourth-order valence-electron chi connectivity index (χ4n) is 3.09. The van der Waals surface area contributed by atoms with Gasteiger partial charge in [-0.25, -0.2) is 4.79 Å². The van der Waals surface area contributed by atoms with E-state index in [1.807, 2.05) is 0 Å². The molecule has 2 amide bonds. The third-order valence-corrected chi connectivity index (χ3v) is 5.24. The molecule has 0 heterocycles. The SMILES string of the molecule is C=C(Oc1cccc(OC(F)(F)F)c1)N(Cc1ccc(Cl)cc1)C(=CO)C(=N)N(C)C(=O)NCCCCO. The number of amides is 2. The average molecular weight is 557 g/mol. The van der Waals surface area contributed by atoms with Crippen LogP contribution < -0.4 is 14.8 Å². The summed E-state index contributed by atoms with van der Waals surface area (Å²) in [7, 11) is 1.31. The molecule has 0 saturated heterocycles. The highest BCUT2D eigenvalue weighted by Gasteiger charge is 2.31. The molecule has 0 aromatic heterocycles. The second kappa shape index (κ2) is 14.1. The Morgan fingerprint density at radius 1 is 1.18 bits per heavy atom. The number of aliphatic hydroxyl groups is 2.